The highest BCUT2D eigenvalue weighted by molar-refractivity contribution is 6.03. The fourth-order valence-corrected chi connectivity index (χ4v) is 2.44. The number of halogens is 1. The predicted octanol–water partition coefficient (Wildman–Crippen LogP) is 3.75. The maximum absolute atomic E-state index is 13.3. The van der Waals surface area contributed by atoms with Gasteiger partial charge in [0.25, 0.3) is 0 Å². The molecule has 0 saturated carbocycles. The molecule has 2 aromatic rings. The second-order valence-corrected chi connectivity index (χ2v) is 4.84. The molecule has 0 radical (unpaired) electrons. The van der Waals surface area contributed by atoms with Crippen LogP contribution in [0.3, 0.4) is 0 Å². The van der Waals surface area contributed by atoms with Crippen molar-refractivity contribution in [3.8, 4) is 0 Å². The Hall–Kier alpha value is -2.16. The third-order valence-corrected chi connectivity index (χ3v) is 3.43. The van der Waals surface area contributed by atoms with Crippen LogP contribution < -0.4 is 4.90 Å². The number of nitrogens with zero attached hydrogens (tertiary/aromatic N) is 1. The molecule has 3 heteroatoms. The van der Waals surface area contributed by atoms with E-state index in [1.165, 1.54) is 12.1 Å². The van der Waals surface area contributed by atoms with E-state index < -0.39 is 0 Å². The van der Waals surface area contributed by atoms with E-state index in [1.807, 2.05) is 31.2 Å². The lowest BCUT2D eigenvalue weighted by atomic mass is 10.00. The van der Waals surface area contributed by atoms with E-state index in [1.54, 1.807) is 11.0 Å². The Kier molecular flexibility index (Phi) is 2.82. The minimum atomic E-state index is -0.253. The van der Waals surface area contributed by atoms with E-state index in [-0.39, 0.29) is 11.7 Å². The van der Waals surface area contributed by atoms with E-state index in [2.05, 4.69) is 0 Å². The largest absolute Gasteiger partial charge is 0.281 e. The molecule has 0 bridgehead atoms. The van der Waals surface area contributed by atoms with Gasteiger partial charge in [0, 0.05) is 12.1 Å². The van der Waals surface area contributed by atoms with Crippen molar-refractivity contribution in [3.63, 3.8) is 0 Å². The summed E-state index contributed by atoms with van der Waals surface area (Å²) in [6.45, 7) is 2.01. The Morgan fingerprint density at radius 1 is 1.05 bits per heavy atom. The van der Waals surface area contributed by atoms with Crippen molar-refractivity contribution in [3.05, 3.63) is 59.4 Å². The first-order valence-corrected chi connectivity index (χ1v) is 6.33. The third-order valence-electron chi connectivity index (χ3n) is 3.43. The molecule has 0 aromatic heterocycles. The number of amides is 1. The maximum Gasteiger partial charge on any atom is 0.231 e. The molecule has 1 heterocycles. The van der Waals surface area contributed by atoms with Crippen LogP contribution in [0.2, 0.25) is 0 Å². The standard InChI is InChI=1S/C16H14FNO/c1-11-2-6-14(7-3-11)18-15-8-5-13(17)10-12(15)4-9-16(18)19/h2-3,5-8,10H,4,9H2,1H3. The van der Waals surface area contributed by atoms with Crippen molar-refractivity contribution in [1.82, 2.24) is 0 Å². The van der Waals surface area contributed by atoms with Gasteiger partial charge in [-0.2, -0.15) is 0 Å². The van der Waals surface area contributed by atoms with Gasteiger partial charge in [0.15, 0.2) is 0 Å². The zero-order chi connectivity index (χ0) is 13.4. The van der Waals surface area contributed by atoms with E-state index >= 15 is 0 Å². The molecule has 0 atom stereocenters. The number of carbonyl (C=O) groups excluding carboxylic acids is 1. The minimum Gasteiger partial charge on any atom is -0.281 e. The first kappa shape index (κ1) is 11.9. The Balaban J connectivity index is 2.10. The van der Waals surface area contributed by atoms with E-state index in [9.17, 15) is 9.18 Å². The average molecular weight is 255 g/mol. The summed E-state index contributed by atoms with van der Waals surface area (Å²) in [7, 11) is 0. The monoisotopic (exact) mass is 255 g/mol. The summed E-state index contributed by atoms with van der Waals surface area (Å²) in [6, 6.07) is 12.4. The summed E-state index contributed by atoms with van der Waals surface area (Å²) in [4.78, 5) is 13.8. The molecule has 0 aliphatic carbocycles. The number of carbonyl (C=O) groups is 1. The SMILES string of the molecule is Cc1ccc(N2C(=O)CCc3cc(F)ccc32)cc1. The van der Waals surface area contributed by atoms with Crippen LogP contribution in [0, 0.1) is 12.7 Å². The van der Waals surface area contributed by atoms with Gasteiger partial charge in [-0.1, -0.05) is 17.7 Å². The quantitative estimate of drug-likeness (QED) is 0.760. The van der Waals surface area contributed by atoms with Crippen LogP contribution in [0.15, 0.2) is 42.5 Å². The van der Waals surface area contributed by atoms with Crippen LogP contribution >= 0.6 is 0 Å². The lowest BCUT2D eigenvalue weighted by molar-refractivity contribution is -0.118. The molecule has 2 aromatic carbocycles. The van der Waals surface area contributed by atoms with Gasteiger partial charge in [-0.15, -0.1) is 0 Å². The summed E-state index contributed by atoms with van der Waals surface area (Å²) in [5.41, 5.74) is 3.66. The summed E-state index contributed by atoms with van der Waals surface area (Å²) >= 11 is 0. The average Bonchev–Trinajstić information content (AvgIpc) is 2.40. The van der Waals surface area contributed by atoms with Crippen LogP contribution in [0.4, 0.5) is 15.8 Å². The van der Waals surface area contributed by atoms with Crippen molar-refractivity contribution in [1.29, 1.82) is 0 Å². The van der Waals surface area contributed by atoms with Gasteiger partial charge < -0.3 is 0 Å². The van der Waals surface area contributed by atoms with E-state index in [0.717, 1.165) is 22.5 Å². The van der Waals surface area contributed by atoms with Crippen molar-refractivity contribution < 1.29 is 9.18 Å². The highest BCUT2D eigenvalue weighted by atomic mass is 19.1. The lowest BCUT2D eigenvalue weighted by Crippen LogP contribution is -2.30. The molecule has 2 nitrogen and oxygen atoms in total. The first-order valence-electron chi connectivity index (χ1n) is 6.33. The number of aryl methyl sites for hydroxylation is 2. The maximum atomic E-state index is 13.3. The van der Waals surface area contributed by atoms with Gasteiger partial charge in [0.1, 0.15) is 5.82 Å². The molecule has 0 unspecified atom stereocenters. The zero-order valence-corrected chi connectivity index (χ0v) is 10.7. The van der Waals surface area contributed by atoms with Crippen molar-refractivity contribution in [2.75, 3.05) is 4.90 Å². The molecule has 1 aliphatic rings. The number of anilines is 2. The summed E-state index contributed by atoms with van der Waals surface area (Å²) in [5, 5.41) is 0. The Morgan fingerprint density at radius 2 is 1.79 bits per heavy atom. The summed E-state index contributed by atoms with van der Waals surface area (Å²) in [5.74, 6) is -0.195. The van der Waals surface area contributed by atoms with Gasteiger partial charge in [-0.05, 0) is 49.2 Å². The molecule has 0 fully saturated rings. The number of hydrogen-bond donors (Lipinski definition) is 0. The Morgan fingerprint density at radius 3 is 2.53 bits per heavy atom. The van der Waals surface area contributed by atoms with Crippen LogP contribution in [0.1, 0.15) is 17.5 Å². The third kappa shape index (κ3) is 2.12. The molecule has 1 aliphatic heterocycles. The van der Waals surface area contributed by atoms with Crippen molar-refractivity contribution >= 4 is 17.3 Å². The van der Waals surface area contributed by atoms with Gasteiger partial charge >= 0.3 is 0 Å². The minimum absolute atomic E-state index is 0.0583. The first-order chi connectivity index (χ1) is 9.15. The molecule has 3 rings (SSSR count). The van der Waals surface area contributed by atoms with Crippen molar-refractivity contribution in [2.24, 2.45) is 0 Å². The van der Waals surface area contributed by atoms with Gasteiger partial charge in [-0.3, -0.25) is 9.69 Å². The second kappa shape index (κ2) is 4.50. The van der Waals surface area contributed by atoms with Gasteiger partial charge in [-0.25, -0.2) is 4.39 Å². The molecule has 19 heavy (non-hydrogen) atoms. The normalized spacial score (nSPS) is 14.4. The zero-order valence-electron chi connectivity index (χ0n) is 10.7. The smallest absolute Gasteiger partial charge is 0.231 e. The highest BCUT2D eigenvalue weighted by Gasteiger charge is 2.25. The number of hydrogen-bond acceptors (Lipinski definition) is 1. The number of rotatable bonds is 1. The fraction of sp³-hybridized carbons (Fsp3) is 0.188. The van der Waals surface area contributed by atoms with Crippen LogP contribution in [-0.4, -0.2) is 5.91 Å². The molecule has 0 N–H and O–H groups in total. The molecule has 1 amide bonds. The van der Waals surface area contributed by atoms with Crippen LogP contribution in [0.5, 0.6) is 0 Å². The topological polar surface area (TPSA) is 20.3 Å². The molecule has 0 saturated heterocycles. The molecule has 0 spiro atoms. The lowest BCUT2D eigenvalue weighted by Gasteiger charge is -2.29. The summed E-state index contributed by atoms with van der Waals surface area (Å²) < 4.78 is 13.3. The van der Waals surface area contributed by atoms with E-state index in [4.69, 9.17) is 0 Å². The molecule has 96 valence electrons. The number of benzene rings is 2. The van der Waals surface area contributed by atoms with Crippen LogP contribution in [0.25, 0.3) is 0 Å². The molecular weight excluding hydrogens is 241 g/mol. The van der Waals surface area contributed by atoms with Crippen LogP contribution in [-0.2, 0) is 11.2 Å². The summed E-state index contributed by atoms with van der Waals surface area (Å²) in [6.07, 6.45) is 1.03. The van der Waals surface area contributed by atoms with Gasteiger partial charge in [0.2, 0.25) is 5.91 Å². The number of fused-ring (bicyclic) bond motifs is 1. The predicted molar refractivity (Wildman–Crippen MR) is 73.0 cm³/mol. The fourth-order valence-electron chi connectivity index (χ4n) is 2.44. The highest BCUT2D eigenvalue weighted by Crippen LogP contribution is 2.34. The van der Waals surface area contributed by atoms with Gasteiger partial charge in [0.05, 0.1) is 5.69 Å². The van der Waals surface area contributed by atoms with E-state index in [0.29, 0.717) is 12.8 Å². The Labute approximate surface area is 111 Å². The Bertz CT molecular complexity index is 634. The molecular formula is C16H14FNO. The second-order valence-electron chi connectivity index (χ2n) is 4.84. The van der Waals surface area contributed by atoms with Crippen molar-refractivity contribution in [2.45, 2.75) is 19.8 Å².